The van der Waals surface area contributed by atoms with Crippen molar-refractivity contribution >= 4 is 49.1 Å². The molecule has 0 aromatic carbocycles. The number of hydrogen-bond acceptors (Lipinski definition) is 3. The smallest absolute Gasteiger partial charge is 0.253 e. The molecule has 1 aliphatic heterocycles. The summed E-state index contributed by atoms with van der Waals surface area (Å²) in [5.74, 6) is 0.533. The summed E-state index contributed by atoms with van der Waals surface area (Å²) >= 11 is 8.33. The molecule has 1 amide bonds. The molecule has 1 aromatic rings. The summed E-state index contributed by atoms with van der Waals surface area (Å²) in [6, 6.07) is 2.06. The van der Waals surface area contributed by atoms with Crippen LogP contribution in [-0.2, 0) is 0 Å². The van der Waals surface area contributed by atoms with Gasteiger partial charge in [-0.1, -0.05) is 0 Å². The fourth-order valence-corrected chi connectivity index (χ4v) is 5.00. The van der Waals surface area contributed by atoms with E-state index in [4.69, 9.17) is 0 Å². The number of amides is 1. The van der Waals surface area contributed by atoms with Gasteiger partial charge >= 0.3 is 0 Å². The summed E-state index contributed by atoms with van der Waals surface area (Å²) in [5.41, 5.74) is 0.711. The predicted octanol–water partition coefficient (Wildman–Crippen LogP) is 3.39. The summed E-state index contributed by atoms with van der Waals surface area (Å²) in [6.07, 6.45) is 2.38. The molecule has 3 nitrogen and oxygen atoms in total. The summed E-state index contributed by atoms with van der Waals surface area (Å²) < 4.78 is 1.84. The SMILES string of the molecule is CC(NC(=O)c1cc(Br)sc1Br)C1CCCNC1. The van der Waals surface area contributed by atoms with E-state index >= 15 is 0 Å². The van der Waals surface area contributed by atoms with Crippen LogP contribution in [0.4, 0.5) is 0 Å². The number of carbonyl (C=O) groups is 1. The van der Waals surface area contributed by atoms with E-state index in [0.717, 1.165) is 20.7 Å². The lowest BCUT2D eigenvalue weighted by Crippen LogP contribution is -2.44. The number of halogens is 2. The van der Waals surface area contributed by atoms with Gasteiger partial charge in [-0.2, -0.15) is 0 Å². The van der Waals surface area contributed by atoms with Crippen LogP contribution in [-0.4, -0.2) is 25.0 Å². The van der Waals surface area contributed by atoms with Crippen LogP contribution < -0.4 is 10.6 Å². The number of thiophene rings is 1. The van der Waals surface area contributed by atoms with Gasteiger partial charge in [-0.05, 0) is 76.7 Å². The number of piperidine rings is 1. The Hall–Kier alpha value is 0.0900. The topological polar surface area (TPSA) is 41.1 Å². The van der Waals surface area contributed by atoms with Crippen molar-refractivity contribution in [2.45, 2.75) is 25.8 Å². The Morgan fingerprint density at radius 3 is 2.94 bits per heavy atom. The molecule has 2 atom stereocenters. The van der Waals surface area contributed by atoms with E-state index in [2.05, 4.69) is 49.4 Å². The van der Waals surface area contributed by atoms with E-state index in [9.17, 15) is 4.79 Å². The zero-order valence-corrected chi connectivity index (χ0v) is 14.1. The normalized spacial score (nSPS) is 21.6. The van der Waals surface area contributed by atoms with Crippen LogP contribution in [0, 0.1) is 5.92 Å². The highest BCUT2D eigenvalue weighted by atomic mass is 79.9. The maximum atomic E-state index is 12.2. The molecule has 2 rings (SSSR count). The van der Waals surface area contributed by atoms with Crippen LogP contribution >= 0.6 is 43.2 Å². The Kier molecular flexibility index (Phi) is 5.24. The molecule has 2 heterocycles. The van der Waals surface area contributed by atoms with E-state index in [1.165, 1.54) is 24.2 Å². The first-order valence-corrected chi connectivity index (χ1v) is 8.44. The molecule has 1 saturated heterocycles. The van der Waals surface area contributed by atoms with Crippen molar-refractivity contribution in [3.8, 4) is 0 Å². The van der Waals surface area contributed by atoms with Gasteiger partial charge in [0.1, 0.15) is 0 Å². The molecular formula is C12H16Br2N2OS. The number of rotatable bonds is 3. The van der Waals surface area contributed by atoms with Gasteiger partial charge in [-0.25, -0.2) is 0 Å². The molecule has 0 saturated carbocycles. The zero-order valence-electron chi connectivity index (χ0n) is 10.1. The van der Waals surface area contributed by atoms with Gasteiger partial charge in [0.15, 0.2) is 0 Å². The fourth-order valence-electron chi connectivity index (χ4n) is 2.20. The Labute approximate surface area is 128 Å². The van der Waals surface area contributed by atoms with Gasteiger partial charge in [-0.3, -0.25) is 4.79 Å². The molecule has 2 unspecified atom stereocenters. The Morgan fingerprint density at radius 1 is 1.61 bits per heavy atom. The minimum absolute atomic E-state index is 0.00176. The lowest BCUT2D eigenvalue weighted by molar-refractivity contribution is 0.0921. The van der Waals surface area contributed by atoms with Gasteiger partial charge in [0.05, 0.1) is 13.1 Å². The van der Waals surface area contributed by atoms with E-state index in [1.807, 2.05) is 6.07 Å². The van der Waals surface area contributed by atoms with Gasteiger partial charge in [-0.15, -0.1) is 11.3 Å². The highest BCUT2D eigenvalue weighted by Crippen LogP contribution is 2.31. The van der Waals surface area contributed by atoms with Crippen LogP contribution in [0.25, 0.3) is 0 Å². The number of carbonyl (C=O) groups excluding carboxylic acids is 1. The fraction of sp³-hybridized carbons (Fsp3) is 0.583. The summed E-state index contributed by atoms with van der Waals surface area (Å²) in [5, 5.41) is 6.48. The molecule has 1 fully saturated rings. The summed E-state index contributed by atoms with van der Waals surface area (Å²) in [6.45, 7) is 4.18. The Bertz CT molecular complexity index is 430. The third kappa shape index (κ3) is 3.56. The maximum Gasteiger partial charge on any atom is 0.253 e. The third-order valence-corrected chi connectivity index (χ3v) is 5.64. The molecule has 0 spiro atoms. The molecule has 0 bridgehead atoms. The van der Waals surface area contributed by atoms with Crippen molar-refractivity contribution in [1.29, 1.82) is 0 Å². The average Bonchev–Trinajstić information content (AvgIpc) is 2.69. The second kappa shape index (κ2) is 6.50. The molecular weight excluding hydrogens is 380 g/mol. The molecule has 1 aliphatic rings. The molecule has 100 valence electrons. The Morgan fingerprint density at radius 2 is 2.39 bits per heavy atom. The zero-order chi connectivity index (χ0) is 13.1. The quantitative estimate of drug-likeness (QED) is 0.823. The van der Waals surface area contributed by atoms with Crippen LogP contribution in [0.1, 0.15) is 30.1 Å². The first kappa shape index (κ1) is 14.5. The van der Waals surface area contributed by atoms with Crippen molar-refractivity contribution in [3.63, 3.8) is 0 Å². The lowest BCUT2D eigenvalue weighted by atomic mass is 9.93. The largest absolute Gasteiger partial charge is 0.349 e. The molecule has 6 heteroatoms. The second-order valence-electron chi connectivity index (χ2n) is 4.61. The average molecular weight is 396 g/mol. The van der Waals surface area contributed by atoms with Crippen LogP contribution in [0.2, 0.25) is 0 Å². The third-order valence-electron chi connectivity index (χ3n) is 3.30. The monoisotopic (exact) mass is 394 g/mol. The van der Waals surface area contributed by atoms with Gasteiger partial charge in [0.2, 0.25) is 0 Å². The second-order valence-corrected chi connectivity index (χ2v) is 8.36. The van der Waals surface area contributed by atoms with E-state index < -0.39 is 0 Å². The Balaban J connectivity index is 1.96. The van der Waals surface area contributed by atoms with Crippen molar-refractivity contribution in [2.24, 2.45) is 5.92 Å². The predicted molar refractivity (Wildman–Crippen MR) is 82.2 cm³/mol. The standard InChI is InChI=1S/C12H16Br2N2OS/c1-7(8-3-2-4-15-6-8)16-12(17)9-5-10(13)18-11(9)14/h5,7-8,15H,2-4,6H2,1H3,(H,16,17). The lowest BCUT2D eigenvalue weighted by Gasteiger charge is -2.28. The van der Waals surface area contributed by atoms with E-state index in [0.29, 0.717) is 11.5 Å². The van der Waals surface area contributed by atoms with Crippen molar-refractivity contribution in [1.82, 2.24) is 10.6 Å². The molecule has 2 N–H and O–H groups in total. The van der Waals surface area contributed by atoms with Gasteiger partial charge < -0.3 is 10.6 Å². The minimum atomic E-state index is 0.00176. The summed E-state index contributed by atoms with van der Waals surface area (Å²) in [7, 11) is 0. The number of nitrogens with one attached hydrogen (secondary N) is 2. The highest BCUT2D eigenvalue weighted by Gasteiger charge is 2.23. The van der Waals surface area contributed by atoms with E-state index in [1.54, 1.807) is 0 Å². The maximum absolute atomic E-state index is 12.2. The first-order valence-electron chi connectivity index (χ1n) is 6.04. The van der Waals surface area contributed by atoms with Crippen LogP contribution in [0.15, 0.2) is 13.6 Å². The van der Waals surface area contributed by atoms with Gasteiger partial charge in [0, 0.05) is 6.04 Å². The van der Waals surface area contributed by atoms with Crippen molar-refractivity contribution in [2.75, 3.05) is 13.1 Å². The van der Waals surface area contributed by atoms with E-state index in [-0.39, 0.29) is 11.9 Å². The number of hydrogen-bond donors (Lipinski definition) is 2. The van der Waals surface area contributed by atoms with Gasteiger partial charge in [0.25, 0.3) is 5.91 Å². The molecule has 1 aromatic heterocycles. The molecule has 0 radical (unpaired) electrons. The van der Waals surface area contributed by atoms with Crippen molar-refractivity contribution in [3.05, 3.63) is 19.2 Å². The first-order chi connectivity index (χ1) is 8.58. The highest BCUT2D eigenvalue weighted by molar-refractivity contribution is 9.12. The summed E-state index contributed by atoms with van der Waals surface area (Å²) in [4.78, 5) is 12.2. The van der Waals surface area contributed by atoms with Crippen LogP contribution in [0.3, 0.4) is 0 Å². The molecule has 18 heavy (non-hydrogen) atoms. The molecule has 0 aliphatic carbocycles. The minimum Gasteiger partial charge on any atom is -0.349 e. The van der Waals surface area contributed by atoms with Crippen molar-refractivity contribution < 1.29 is 4.79 Å². The van der Waals surface area contributed by atoms with Crippen LogP contribution in [0.5, 0.6) is 0 Å².